The molecule has 1 saturated heterocycles. The Morgan fingerprint density at radius 1 is 0.808 bits per heavy atom. The maximum atomic E-state index is 14.2. The largest absolute Gasteiger partial charge is 0.426 e. The quantitative estimate of drug-likeness (QED) is 0.0937. The summed E-state index contributed by atoms with van der Waals surface area (Å²) in [5, 5.41) is 6.23. The van der Waals surface area contributed by atoms with Crippen molar-refractivity contribution in [2.45, 2.75) is 18.8 Å². The van der Waals surface area contributed by atoms with Crippen molar-refractivity contribution in [1.82, 2.24) is 19.8 Å². The fraction of sp³-hybridized carbons (Fsp3) is 0.250. The highest BCUT2D eigenvalue weighted by Gasteiger charge is 2.36. The molecule has 11 nitrogen and oxygen atoms in total. The van der Waals surface area contributed by atoms with E-state index in [1.165, 1.54) is 0 Å². The minimum atomic E-state index is -0.514. The third-order valence-electron chi connectivity index (χ3n) is 10.1. The van der Waals surface area contributed by atoms with Crippen molar-refractivity contribution < 1.29 is 23.9 Å². The van der Waals surface area contributed by atoms with E-state index in [0.717, 1.165) is 51.2 Å². The van der Waals surface area contributed by atoms with Crippen molar-refractivity contribution in [2.24, 2.45) is 0 Å². The zero-order valence-electron chi connectivity index (χ0n) is 28.6. The lowest BCUT2D eigenvalue weighted by Gasteiger charge is -2.32. The molecule has 0 radical (unpaired) electrons. The van der Waals surface area contributed by atoms with Gasteiger partial charge < -0.3 is 34.7 Å². The molecule has 0 saturated carbocycles. The Morgan fingerprint density at radius 3 is 2.31 bits per heavy atom. The number of carbonyl (C=O) groups excluding carboxylic acids is 4. The van der Waals surface area contributed by atoms with E-state index >= 15 is 0 Å². The molecule has 4 heterocycles. The van der Waals surface area contributed by atoms with E-state index in [-0.39, 0.29) is 36.5 Å². The maximum absolute atomic E-state index is 14.2. The van der Waals surface area contributed by atoms with E-state index in [4.69, 9.17) is 16.3 Å². The molecule has 0 bridgehead atoms. The van der Waals surface area contributed by atoms with Crippen LogP contribution in [-0.2, 0) is 9.59 Å². The van der Waals surface area contributed by atoms with E-state index < -0.39 is 5.97 Å². The van der Waals surface area contributed by atoms with E-state index in [1.54, 1.807) is 28.0 Å². The number of rotatable bonds is 8. The first-order chi connectivity index (χ1) is 25.2. The van der Waals surface area contributed by atoms with E-state index in [1.807, 2.05) is 73.8 Å². The van der Waals surface area contributed by atoms with Crippen LogP contribution < -0.4 is 15.0 Å². The number of nitrogens with one attached hydrogen (secondary N) is 3. The van der Waals surface area contributed by atoms with Crippen LogP contribution in [0, 0.1) is 0 Å². The molecule has 1 atom stereocenters. The second-order valence-corrected chi connectivity index (χ2v) is 13.8. The van der Waals surface area contributed by atoms with Gasteiger partial charge in [0.15, 0.2) is 0 Å². The number of hydrogen-bond acceptors (Lipinski definition) is 6. The number of carbonyl (C=O) groups is 4. The van der Waals surface area contributed by atoms with Gasteiger partial charge in [-0.05, 0) is 54.4 Å². The Kier molecular flexibility index (Phi) is 8.90. The number of amides is 3. The second-order valence-electron chi connectivity index (χ2n) is 13.5. The molecule has 0 unspecified atom stereocenters. The van der Waals surface area contributed by atoms with Crippen LogP contribution in [0.3, 0.4) is 0 Å². The Balaban J connectivity index is 1.03. The Bertz CT molecular complexity index is 2340. The molecule has 8 rings (SSSR count). The lowest BCUT2D eigenvalue weighted by atomic mass is 9.95. The predicted molar refractivity (Wildman–Crippen MR) is 203 cm³/mol. The number of ether oxygens (including phenoxy) is 1. The minimum absolute atomic E-state index is 0.0528. The van der Waals surface area contributed by atoms with E-state index in [0.29, 0.717) is 54.0 Å². The number of halogens is 1. The average Bonchev–Trinajstić information content (AvgIpc) is 3.89. The van der Waals surface area contributed by atoms with Gasteiger partial charge in [-0.3, -0.25) is 19.2 Å². The monoisotopic (exact) mass is 716 g/mol. The summed E-state index contributed by atoms with van der Waals surface area (Å²) in [7, 11) is 2.02. The number of para-hydroxylation sites is 1. The molecule has 52 heavy (non-hydrogen) atoms. The van der Waals surface area contributed by atoms with Gasteiger partial charge in [-0.25, -0.2) is 0 Å². The molecule has 0 spiro atoms. The number of fused-ring (bicyclic) bond motifs is 5. The van der Waals surface area contributed by atoms with Crippen LogP contribution in [-0.4, -0.2) is 89.1 Å². The molecule has 2 aliphatic rings. The first-order valence-electron chi connectivity index (χ1n) is 17.4. The van der Waals surface area contributed by atoms with Gasteiger partial charge in [0.25, 0.3) is 11.8 Å². The molecule has 3 amide bonds. The molecule has 6 aromatic rings. The third-order valence-corrected chi connectivity index (χ3v) is 10.4. The number of aromatic nitrogens is 2. The van der Waals surface area contributed by atoms with Crippen LogP contribution in [0.25, 0.3) is 32.6 Å². The number of benzene rings is 4. The van der Waals surface area contributed by atoms with Crippen molar-refractivity contribution in [1.29, 1.82) is 0 Å². The zero-order chi connectivity index (χ0) is 35.9. The number of H-pyrrole nitrogens is 2. The fourth-order valence-corrected chi connectivity index (χ4v) is 7.53. The standard InChI is InChI=1S/C40H37ClN6O5/c1-45-14-16-46(17-15-45)36(48)12-13-37(49)52-35-21-34-38(29-8-4-3-7-28(29)35)26(22-41)23-47(34)40(51)33-20-25-18-27(10-11-31(25)44-33)42-39(50)32-19-24-6-2-5-9-30(24)43-32/h2-11,18-21,26,43-44H,12-17,22-23H2,1H3,(H,42,50)/t26-/m1/s1. The fourth-order valence-electron chi connectivity index (χ4n) is 7.28. The lowest BCUT2D eigenvalue weighted by Crippen LogP contribution is -2.47. The first-order valence-corrected chi connectivity index (χ1v) is 17.9. The molecule has 3 N–H and O–H groups in total. The summed E-state index contributed by atoms with van der Waals surface area (Å²) in [6, 6.07) is 26.1. The molecular weight excluding hydrogens is 680 g/mol. The van der Waals surface area contributed by atoms with Gasteiger partial charge in [-0.15, -0.1) is 11.6 Å². The van der Waals surface area contributed by atoms with Gasteiger partial charge in [0.1, 0.15) is 17.1 Å². The number of aromatic amines is 2. The third kappa shape index (κ3) is 6.37. The summed E-state index contributed by atoms with van der Waals surface area (Å²) in [5.41, 5.74) is 4.56. The van der Waals surface area contributed by atoms with E-state index in [2.05, 4.69) is 20.2 Å². The minimum Gasteiger partial charge on any atom is -0.426 e. The van der Waals surface area contributed by atoms with Crippen molar-refractivity contribution >= 4 is 79.2 Å². The highest BCUT2D eigenvalue weighted by Crippen LogP contribution is 2.46. The van der Waals surface area contributed by atoms with Crippen LogP contribution in [0.2, 0.25) is 0 Å². The number of likely N-dealkylation sites (N-methyl/N-ethyl adjacent to an activating group) is 1. The average molecular weight is 717 g/mol. The number of alkyl halides is 1. The van der Waals surface area contributed by atoms with E-state index in [9.17, 15) is 19.2 Å². The summed E-state index contributed by atoms with van der Waals surface area (Å²) >= 11 is 6.50. The number of nitrogens with zero attached hydrogens (tertiary/aromatic N) is 3. The number of esters is 1. The van der Waals surface area contributed by atoms with Crippen LogP contribution in [0.1, 0.15) is 45.3 Å². The maximum Gasteiger partial charge on any atom is 0.311 e. The van der Waals surface area contributed by atoms with Gasteiger partial charge in [0.05, 0.1) is 12.1 Å². The number of hydrogen-bond donors (Lipinski definition) is 3. The summed E-state index contributed by atoms with van der Waals surface area (Å²) in [6.45, 7) is 3.25. The highest BCUT2D eigenvalue weighted by molar-refractivity contribution is 6.19. The molecule has 4 aromatic carbocycles. The van der Waals surface area contributed by atoms with Gasteiger partial charge in [-0.1, -0.05) is 42.5 Å². The smallest absolute Gasteiger partial charge is 0.311 e. The first kappa shape index (κ1) is 33.5. The summed E-state index contributed by atoms with van der Waals surface area (Å²) < 4.78 is 5.92. The van der Waals surface area contributed by atoms with Crippen LogP contribution in [0.5, 0.6) is 5.75 Å². The molecular formula is C40H37ClN6O5. The lowest BCUT2D eigenvalue weighted by molar-refractivity contribution is -0.139. The summed E-state index contributed by atoms with van der Waals surface area (Å²) in [4.78, 5) is 65.2. The molecule has 1 fully saturated rings. The molecule has 264 valence electrons. The van der Waals surface area contributed by atoms with Gasteiger partial charge >= 0.3 is 5.97 Å². The SMILES string of the molecule is CN1CCN(C(=O)CCC(=O)Oc2cc3c(c4ccccc24)[C@H](CCl)CN3C(=O)c2cc3cc(NC(=O)c4cc5ccccc5[nH]4)ccc3[nH]2)CC1. The zero-order valence-corrected chi connectivity index (χ0v) is 29.3. The molecule has 0 aliphatic carbocycles. The Labute approximate surface area is 304 Å². The highest BCUT2D eigenvalue weighted by atomic mass is 35.5. The molecule has 2 aliphatic heterocycles. The normalized spacial score (nSPS) is 16.1. The van der Waals surface area contributed by atoms with Crippen molar-refractivity contribution in [3.63, 3.8) is 0 Å². The molecule has 12 heteroatoms. The molecule has 2 aromatic heterocycles. The van der Waals surface area contributed by atoms with Crippen LogP contribution in [0.15, 0.2) is 84.9 Å². The van der Waals surface area contributed by atoms with Crippen molar-refractivity contribution in [3.8, 4) is 5.75 Å². The van der Waals surface area contributed by atoms with Crippen LogP contribution >= 0.6 is 11.6 Å². The van der Waals surface area contributed by atoms with Gasteiger partial charge in [0, 0.05) is 89.9 Å². The van der Waals surface area contributed by atoms with Gasteiger partial charge in [-0.2, -0.15) is 0 Å². The summed E-state index contributed by atoms with van der Waals surface area (Å²) in [5.74, 6) is -0.639. The second kappa shape index (κ2) is 13.8. The summed E-state index contributed by atoms with van der Waals surface area (Å²) in [6.07, 6.45) is 0.0158. The van der Waals surface area contributed by atoms with Crippen LogP contribution in [0.4, 0.5) is 11.4 Å². The van der Waals surface area contributed by atoms with Crippen molar-refractivity contribution in [3.05, 3.63) is 102 Å². The Morgan fingerprint density at radius 2 is 1.52 bits per heavy atom. The van der Waals surface area contributed by atoms with Crippen molar-refractivity contribution in [2.75, 3.05) is 55.9 Å². The number of piperazine rings is 1. The topological polar surface area (TPSA) is 131 Å². The van der Waals surface area contributed by atoms with Gasteiger partial charge in [0.2, 0.25) is 5.91 Å². The predicted octanol–water partition coefficient (Wildman–Crippen LogP) is 6.50. The Hall–Kier alpha value is -5.65. The number of anilines is 2.